The molecule has 0 heterocycles. The number of thioether (sulfide) groups is 1. The molecule has 0 aliphatic heterocycles. The van der Waals surface area contributed by atoms with E-state index in [1.165, 1.54) is 12.1 Å². The van der Waals surface area contributed by atoms with Gasteiger partial charge >= 0.3 is 11.8 Å². The maximum Gasteiger partial charge on any atom is 0.309 e. The van der Waals surface area contributed by atoms with Crippen LogP contribution >= 0.6 is 11.8 Å². The normalized spacial score (nSPS) is 11.8. The number of hydrogen-bond donors (Lipinski definition) is 2. The van der Waals surface area contributed by atoms with E-state index >= 15 is 0 Å². The first-order chi connectivity index (χ1) is 10.6. The van der Waals surface area contributed by atoms with Crippen LogP contribution in [0.2, 0.25) is 0 Å². The molecule has 0 saturated carbocycles. The van der Waals surface area contributed by atoms with Gasteiger partial charge in [0, 0.05) is 20.2 Å². The van der Waals surface area contributed by atoms with Crippen molar-refractivity contribution >= 4 is 23.6 Å². The van der Waals surface area contributed by atoms with Crippen molar-refractivity contribution in [1.29, 1.82) is 0 Å². The van der Waals surface area contributed by atoms with E-state index in [9.17, 15) is 14.0 Å². The zero-order valence-corrected chi connectivity index (χ0v) is 13.5. The third-order valence-corrected chi connectivity index (χ3v) is 3.68. The van der Waals surface area contributed by atoms with Gasteiger partial charge in [-0.1, -0.05) is 12.1 Å². The van der Waals surface area contributed by atoms with Gasteiger partial charge in [0.15, 0.2) is 0 Å². The highest BCUT2D eigenvalue weighted by Crippen LogP contribution is 2.03. The SMILES string of the molecule is COC(CCSC)CNC(=O)C(=O)NCc1ccc(F)cc1. The molecule has 5 nitrogen and oxygen atoms in total. The average molecular weight is 328 g/mol. The van der Waals surface area contributed by atoms with Crippen LogP contribution in [-0.4, -0.2) is 43.6 Å². The maximum absolute atomic E-state index is 12.7. The van der Waals surface area contributed by atoms with Gasteiger partial charge in [-0.25, -0.2) is 4.39 Å². The van der Waals surface area contributed by atoms with Gasteiger partial charge in [-0.15, -0.1) is 0 Å². The average Bonchev–Trinajstić information content (AvgIpc) is 2.54. The third kappa shape index (κ3) is 6.91. The van der Waals surface area contributed by atoms with Crippen molar-refractivity contribution < 1.29 is 18.7 Å². The summed E-state index contributed by atoms with van der Waals surface area (Å²) in [5.74, 6) is -0.841. The van der Waals surface area contributed by atoms with Crippen molar-refractivity contribution in [3.05, 3.63) is 35.6 Å². The summed E-state index contributed by atoms with van der Waals surface area (Å²) >= 11 is 1.69. The Morgan fingerprint density at radius 1 is 1.23 bits per heavy atom. The largest absolute Gasteiger partial charge is 0.380 e. The predicted molar refractivity (Wildman–Crippen MR) is 85.1 cm³/mol. The van der Waals surface area contributed by atoms with Gasteiger partial charge in [0.05, 0.1) is 6.10 Å². The second-order valence-corrected chi connectivity index (χ2v) is 5.64. The van der Waals surface area contributed by atoms with Crippen molar-refractivity contribution in [2.75, 3.05) is 25.7 Å². The van der Waals surface area contributed by atoms with Gasteiger partial charge in [0.2, 0.25) is 0 Å². The fraction of sp³-hybridized carbons (Fsp3) is 0.467. The molecule has 0 bridgehead atoms. The van der Waals surface area contributed by atoms with E-state index < -0.39 is 11.8 Å². The maximum atomic E-state index is 12.7. The van der Waals surface area contributed by atoms with Crippen LogP contribution in [0.25, 0.3) is 0 Å². The Morgan fingerprint density at radius 2 is 1.86 bits per heavy atom. The van der Waals surface area contributed by atoms with E-state index in [1.807, 2.05) is 6.26 Å². The van der Waals surface area contributed by atoms with Crippen molar-refractivity contribution in [2.24, 2.45) is 0 Å². The minimum atomic E-state index is -0.718. The number of methoxy groups -OCH3 is 1. The van der Waals surface area contributed by atoms with Gasteiger partial charge in [0.25, 0.3) is 0 Å². The summed E-state index contributed by atoms with van der Waals surface area (Å²) in [7, 11) is 1.58. The molecule has 1 rings (SSSR count). The highest BCUT2D eigenvalue weighted by atomic mass is 32.2. The second kappa shape index (κ2) is 10.2. The van der Waals surface area contributed by atoms with Gasteiger partial charge in [-0.3, -0.25) is 9.59 Å². The van der Waals surface area contributed by atoms with Crippen LogP contribution in [0.15, 0.2) is 24.3 Å². The molecule has 7 heteroatoms. The van der Waals surface area contributed by atoms with Gasteiger partial charge < -0.3 is 15.4 Å². The van der Waals surface area contributed by atoms with Crippen LogP contribution in [0.5, 0.6) is 0 Å². The summed E-state index contributed by atoms with van der Waals surface area (Å²) in [6.45, 7) is 0.465. The number of nitrogens with one attached hydrogen (secondary N) is 2. The lowest BCUT2D eigenvalue weighted by Crippen LogP contribution is -2.42. The van der Waals surface area contributed by atoms with E-state index in [1.54, 1.807) is 31.0 Å². The number of halogens is 1. The highest BCUT2D eigenvalue weighted by molar-refractivity contribution is 7.98. The molecule has 122 valence electrons. The monoisotopic (exact) mass is 328 g/mol. The molecule has 0 aliphatic rings. The van der Waals surface area contributed by atoms with Crippen LogP contribution in [0.4, 0.5) is 4.39 Å². The van der Waals surface area contributed by atoms with Crippen LogP contribution in [0, 0.1) is 5.82 Å². The molecular formula is C15H21FN2O3S. The highest BCUT2D eigenvalue weighted by Gasteiger charge is 2.15. The minimum Gasteiger partial charge on any atom is -0.380 e. The summed E-state index contributed by atoms with van der Waals surface area (Å²) in [6, 6.07) is 5.71. The molecule has 0 aromatic heterocycles. The van der Waals surface area contributed by atoms with E-state index in [2.05, 4.69) is 10.6 Å². The molecule has 2 amide bonds. The predicted octanol–water partition coefficient (Wildman–Crippen LogP) is 1.33. The van der Waals surface area contributed by atoms with Crippen LogP contribution < -0.4 is 10.6 Å². The van der Waals surface area contributed by atoms with Crippen LogP contribution in [0.1, 0.15) is 12.0 Å². The summed E-state index contributed by atoms with van der Waals surface area (Å²) in [4.78, 5) is 23.3. The third-order valence-electron chi connectivity index (χ3n) is 3.04. The van der Waals surface area contributed by atoms with Crippen molar-refractivity contribution in [2.45, 2.75) is 19.1 Å². The quantitative estimate of drug-likeness (QED) is 0.707. The summed E-state index contributed by atoms with van der Waals surface area (Å²) in [6.07, 6.45) is 2.69. The minimum absolute atomic E-state index is 0.110. The van der Waals surface area contributed by atoms with Crippen LogP contribution in [0.3, 0.4) is 0 Å². The topological polar surface area (TPSA) is 67.4 Å². The van der Waals surface area contributed by atoms with E-state index in [4.69, 9.17) is 4.74 Å². The lowest BCUT2D eigenvalue weighted by atomic mass is 10.2. The Hall–Kier alpha value is -1.60. The fourth-order valence-electron chi connectivity index (χ4n) is 1.70. The number of hydrogen-bond acceptors (Lipinski definition) is 4. The molecule has 1 unspecified atom stereocenters. The number of rotatable bonds is 8. The van der Waals surface area contributed by atoms with Crippen molar-refractivity contribution in [1.82, 2.24) is 10.6 Å². The number of benzene rings is 1. The van der Waals surface area contributed by atoms with E-state index in [0.29, 0.717) is 6.54 Å². The lowest BCUT2D eigenvalue weighted by molar-refractivity contribution is -0.139. The first-order valence-corrected chi connectivity index (χ1v) is 8.28. The number of carbonyl (C=O) groups excluding carboxylic acids is 2. The Balaban J connectivity index is 2.32. The molecule has 2 N–H and O–H groups in total. The zero-order valence-electron chi connectivity index (χ0n) is 12.7. The first-order valence-electron chi connectivity index (χ1n) is 6.89. The van der Waals surface area contributed by atoms with Gasteiger partial charge in [-0.2, -0.15) is 11.8 Å². The van der Waals surface area contributed by atoms with Crippen LogP contribution in [-0.2, 0) is 20.9 Å². The molecule has 1 aromatic rings. The van der Waals surface area contributed by atoms with Gasteiger partial charge in [-0.05, 0) is 36.1 Å². The Morgan fingerprint density at radius 3 is 2.45 bits per heavy atom. The molecule has 0 spiro atoms. The molecular weight excluding hydrogens is 307 g/mol. The lowest BCUT2D eigenvalue weighted by Gasteiger charge is -2.15. The van der Waals surface area contributed by atoms with E-state index in [-0.39, 0.29) is 18.5 Å². The Bertz CT molecular complexity index is 482. The van der Waals surface area contributed by atoms with Gasteiger partial charge in [0.1, 0.15) is 5.82 Å². The Kier molecular flexibility index (Phi) is 8.54. The fourth-order valence-corrected chi connectivity index (χ4v) is 2.20. The first kappa shape index (κ1) is 18.4. The standard InChI is InChI=1S/C15H21FN2O3S/c1-21-13(7-8-22-2)10-18-15(20)14(19)17-9-11-3-5-12(16)6-4-11/h3-6,13H,7-10H2,1-2H3,(H,17,19)(H,18,20). The zero-order chi connectivity index (χ0) is 16.4. The number of carbonyl (C=O) groups is 2. The molecule has 1 atom stereocenters. The Labute approximate surface area is 134 Å². The van der Waals surface area contributed by atoms with E-state index in [0.717, 1.165) is 17.7 Å². The molecule has 0 saturated heterocycles. The second-order valence-electron chi connectivity index (χ2n) is 4.66. The van der Waals surface area contributed by atoms with Crippen molar-refractivity contribution in [3.8, 4) is 0 Å². The van der Waals surface area contributed by atoms with Crippen molar-refractivity contribution in [3.63, 3.8) is 0 Å². The summed E-state index contributed by atoms with van der Waals surface area (Å²) in [5.41, 5.74) is 0.720. The number of ether oxygens (including phenoxy) is 1. The molecule has 0 aliphatic carbocycles. The molecule has 0 radical (unpaired) electrons. The number of amides is 2. The summed E-state index contributed by atoms with van der Waals surface area (Å²) in [5, 5.41) is 5.03. The molecule has 22 heavy (non-hydrogen) atoms. The smallest absolute Gasteiger partial charge is 0.309 e. The molecule has 0 fully saturated rings. The molecule has 1 aromatic carbocycles. The summed E-state index contributed by atoms with van der Waals surface area (Å²) < 4.78 is 18.0.